The quantitative estimate of drug-likeness (QED) is 0.520. The lowest BCUT2D eigenvalue weighted by Gasteiger charge is -2.40. The monoisotopic (exact) mass is 413 g/mol. The first-order valence-corrected chi connectivity index (χ1v) is 10.6. The molecule has 0 radical (unpaired) electrons. The number of carboxylic acid groups (broad SMARTS) is 1. The normalized spacial score (nSPS) is 26.9. The molecule has 0 aromatic heterocycles. The average Bonchev–Trinajstić information content (AvgIpc) is 3.32. The van der Waals surface area contributed by atoms with Crippen LogP contribution in [-0.4, -0.2) is 46.2 Å². The second-order valence-corrected chi connectivity index (χ2v) is 8.31. The second-order valence-electron chi connectivity index (χ2n) is 8.31. The molecule has 2 saturated heterocycles. The molecule has 0 spiro atoms. The van der Waals surface area contributed by atoms with E-state index in [0.717, 1.165) is 12.0 Å². The lowest BCUT2D eigenvalue weighted by atomic mass is 9.85. The van der Waals surface area contributed by atoms with Gasteiger partial charge in [0.05, 0.1) is 6.42 Å². The minimum Gasteiger partial charge on any atom is -0.479 e. The second kappa shape index (κ2) is 8.50. The molecule has 1 N–H and O–H groups in total. The number of rotatable bonds is 8. The fourth-order valence-electron chi connectivity index (χ4n) is 4.77. The number of fused-ring (bicyclic) bond motifs is 1. The number of carboxylic acids is 1. The fourth-order valence-corrected chi connectivity index (χ4v) is 4.77. The molecule has 1 amide bonds. The molecule has 1 saturated carbocycles. The van der Waals surface area contributed by atoms with Gasteiger partial charge in [0.15, 0.2) is 6.23 Å². The Labute approximate surface area is 175 Å². The first kappa shape index (κ1) is 20.4. The molecule has 1 aromatic rings. The highest BCUT2D eigenvalue weighted by Crippen LogP contribution is 2.46. The summed E-state index contributed by atoms with van der Waals surface area (Å²) in [6.45, 7) is -0.0720. The van der Waals surface area contributed by atoms with Crippen LogP contribution in [0, 0.1) is 5.92 Å². The van der Waals surface area contributed by atoms with Crippen LogP contribution in [0.3, 0.4) is 0 Å². The molecule has 30 heavy (non-hydrogen) atoms. The zero-order valence-corrected chi connectivity index (χ0v) is 16.9. The molecule has 2 aliphatic heterocycles. The maximum atomic E-state index is 12.4. The average molecular weight is 413 g/mol. The van der Waals surface area contributed by atoms with Gasteiger partial charge in [0.1, 0.15) is 12.4 Å². The number of amides is 1. The Morgan fingerprint density at radius 2 is 1.97 bits per heavy atom. The van der Waals surface area contributed by atoms with Gasteiger partial charge in [-0.25, -0.2) is 4.79 Å². The number of β-lactam (4-membered cyclic amide) rings is 1. The van der Waals surface area contributed by atoms with Gasteiger partial charge >= 0.3 is 11.9 Å². The molecular formula is C23H27NO6. The molecular weight excluding hydrogens is 386 g/mol. The van der Waals surface area contributed by atoms with E-state index in [1.165, 1.54) is 36.7 Å². The lowest BCUT2D eigenvalue weighted by Crippen LogP contribution is -2.63. The van der Waals surface area contributed by atoms with Gasteiger partial charge in [-0.1, -0.05) is 56.0 Å². The number of benzene rings is 1. The van der Waals surface area contributed by atoms with E-state index < -0.39 is 17.7 Å². The molecule has 3 fully saturated rings. The van der Waals surface area contributed by atoms with Crippen molar-refractivity contribution in [2.24, 2.45) is 5.92 Å². The number of hydrogen-bond donors (Lipinski definition) is 1. The molecule has 3 aliphatic rings. The Bertz CT molecular complexity index is 845. The first-order chi connectivity index (χ1) is 14.5. The molecule has 7 nitrogen and oxygen atoms in total. The molecule has 0 unspecified atom stereocenters. The number of hydrogen-bond acceptors (Lipinski definition) is 5. The van der Waals surface area contributed by atoms with E-state index in [4.69, 9.17) is 9.47 Å². The largest absolute Gasteiger partial charge is 0.479 e. The highest BCUT2D eigenvalue weighted by atomic mass is 16.5. The third kappa shape index (κ3) is 3.80. The summed E-state index contributed by atoms with van der Waals surface area (Å²) in [5.74, 6) is -0.927. The number of esters is 1. The van der Waals surface area contributed by atoms with E-state index in [1.54, 1.807) is 0 Å². The van der Waals surface area contributed by atoms with Gasteiger partial charge in [-0.05, 0) is 24.0 Å². The fraction of sp³-hybridized carbons (Fsp3) is 0.522. The summed E-state index contributed by atoms with van der Waals surface area (Å²) in [6, 6.07) is 9.14. The Kier molecular flexibility index (Phi) is 5.79. The number of carbonyl (C=O) groups excluding carboxylic acids is 2. The van der Waals surface area contributed by atoms with Gasteiger partial charge < -0.3 is 14.6 Å². The molecule has 2 heterocycles. The summed E-state index contributed by atoms with van der Waals surface area (Å²) in [5, 5.41) is 10.1. The van der Waals surface area contributed by atoms with E-state index in [9.17, 15) is 19.5 Å². The topological polar surface area (TPSA) is 93.1 Å². The van der Waals surface area contributed by atoms with Crippen molar-refractivity contribution in [3.63, 3.8) is 0 Å². The van der Waals surface area contributed by atoms with Crippen LogP contribution in [0.15, 0.2) is 42.2 Å². The highest BCUT2D eigenvalue weighted by molar-refractivity contribution is 5.94. The van der Waals surface area contributed by atoms with Gasteiger partial charge in [0.25, 0.3) is 0 Å². The number of carbonyl (C=O) groups is 3. The van der Waals surface area contributed by atoms with Crippen LogP contribution in [0.25, 0.3) is 0 Å². The minimum absolute atomic E-state index is 0.0720. The maximum Gasteiger partial charge on any atom is 0.338 e. The lowest BCUT2D eigenvalue weighted by molar-refractivity contribution is -0.170. The summed E-state index contributed by atoms with van der Waals surface area (Å²) in [7, 11) is 0. The minimum atomic E-state index is -1.61. The third-order valence-corrected chi connectivity index (χ3v) is 6.39. The van der Waals surface area contributed by atoms with E-state index >= 15 is 0 Å². The van der Waals surface area contributed by atoms with Crippen molar-refractivity contribution in [2.75, 3.05) is 6.61 Å². The highest BCUT2D eigenvalue weighted by Gasteiger charge is 2.64. The smallest absolute Gasteiger partial charge is 0.338 e. The van der Waals surface area contributed by atoms with E-state index in [1.807, 2.05) is 30.3 Å². The summed E-state index contributed by atoms with van der Waals surface area (Å²) in [4.78, 5) is 38.0. The van der Waals surface area contributed by atoms with Gasteiger partial charge in [-0.15, -0.1) is 0 Å². The number of aliphatic carboxylic acids is 1. The predicted octanol–water partition coefficient (Wildman–Crippen LogP) is 3.04. The predicted molar refractivity (Wildman–Crippen MR) is 107 cm³/mol. The summed E-state index contributed by atoms with van der Waals surface area (Å²) in [5.41, 5.74) is -0.833. The SMILES string of the molecule is O=C(CCC1CCCC1)OC/C=C1\O[C@@H]2CC(=O)N2[C@@]1(Cc1ccccc1)C(=O)O. The molecule has 1 aliphatic carbocycles. The number of nitrogens with zero attached hydrogens (tertiary/aromatic N) is 1. The van der Waals surface area contributed by atoms with Crippen molar-refractivity contribution in [3.8, 4) is 0 Å². The zero-order valence-electron chi connectivity index (χ0n) is 16.9. The Balaban J connectivity index is 1.46. The van der Waals surface area contributed by atoms with Crippen molar-refractivity contribution in [3.05, 3.63) is 47.7 Å². The number of ether oxygens (including phenoxy) is 2. The molecule has 7 heteroatoms. The van der Waals surface area contributed by atoms with Crippen LogP contribution in [0.5, 0.6) is 0 Å². The van der Waals surface area contributed by atoms with Gasteiger partial charge in [0, 0.05) is 12.8 Å². The van der Waals surface area contributed by atoms with Gasteiger partial charge in [-0.3, -0.25) is 14.5 Å². The standard InChI is InChI=1S/C23H27NO6/c25-19-14-20-24(19)23(22(27)28,15-17-8-2-1-3-9-17)18(30-20)12-13-29-21(26)11-10-16-6-4-5-7-16/h1-3,8-9,12,16,20H,4-7,10-11,13-15H2,(H,27,28)/b18-12-/t20-,23-/m1/s1. The van der Waals surface area contributed by atoms with Crippen LogP contribution in [0.1, 0.15) is 50.5 Å². The third-order valence-electron chi connectivity index (χ3n) is 6.39. The Morgan fingerprint density at radius 3 is 2.63 bits per heavy atom. The van der Waals surface area contributed by atoms with Crippen molar-refractivity contribution >= 4 is 17.8 Å². The van der Waals surface area contributed by atoms with Crippen molar-refractivity contribution in [2.45, 2.75) is 63.1 Å². The van der Waals surface area contributed by atoms with Crippen molar-refractivity contribution in [1.82, 2.24) is 4.90 Å². The Morgan fingerprint density at radius 1 is 1.23 bits per heavy atom. The van der Waals surface area contributed by atoms with Crippen LogP contribution in [0.4, 0.5) is 0 Å². The summed E-state index contributed by atoms with van der Waals surface area (Å²) < 4.78 is 11.1. The summed E-state index contributed by atoms with van der Waals surface area (Å²) >= 11 is 0. The van der Waals surface area contributed by atoms with E-state index in [2.05, 4.69) is 0 Å². The first-order valence-electron chi connectivity index (χ1n) is 10.6. The van der Waals surface area contributed by atoms with Crippen LogP contribution < -0.4 is 0 Å². The molecule has 4 rings (SSSR count). The molecule has 1 aromatic carbocycles. The van der Waals surface area contributed by atoms with Gasteiger partial charge in [0.2, 0.25) is 11.4 Å². The van der Waals surface area contributed by atoms with Gasteiger partial charge in [-0.2, -0.15) is 0 Å². The van der Waals surface area contributed by atoms with Crippen molar-refractivity contribution < 1.29 is 29.0 Å². The molecule has 160 valence electrons. The molecule has 0 bridgehead atoms. The Hall–Kier alpha value is -2.83. The maximum absolute atomic E-state index is 12.4. The van der Waals surface area contributed by atoms with Crippen LogP contribution in [-0.2, 0) is 30.3 Å². The molecule has 2 atom stereocenters. The zero-order chi connectivity index (χ0) is 21.1. The van der Waals surface area contributed by atoms with E-state index in [-0.39, 0.29) is 37.1 Å². The van der Waals surface area contributed by atoms with Crippen LogP contribution in [0.2, 0.25) is 0 Å². The van der Waals surface area contributed by atoms with E-state index in [0.29, 0.717) is 12.3 Å². The summed E-state index contributed by atoms with van der Waals surface area (Å²) in [6.07, 6.45) is 7.19. The van der Waals surface area contributed by atoms with Crippen LogP contribution >= 0.6 is 0 Å². The van der Waals surface area contributed by atoms with Crippen molar-refractivity contribution in [1.29, 1.82) is 0 Å².